The molecule has 0 amide bonds. The lowest BCUT2D eigenvalue weighted by molar-refractivity contribution is -0.741. The summed E-state index contributed by atoms with van der Waals surface area (Å²) in [4.78, 5) is 27.6. The van der Waals surface area contributed by atoms with Gasteiger partial charge in [0.25, 0.3) is 5.78 Å². The standard InChI is InChI=1S/C13H9F3N4O3S/c1-4-3-5(13(14,15)16)18-11-6(4)7(17)10(24-11)9(21)8-12(22)23-19-20(8)2/h3H,1-2H3,(H2-,17,19,21,22)/p+1. The van der Waals surface area contributed by atoms with Crippen LogP contribution in [0.25, 0.3) is 10.2 Å². The average molecular weight is 359 g/mol. The van der Waals surface area contributed by atoms with Crippen LogP contribution in [0, 0.1) is 6.92 Å². The van der Waals surface area contributed by atoms with Crippen molar-refractivity contribution in [2.75, 3.05) is 5.73 Å². The van der Waals surface area contributed by atoms with Gasteiger partial charge in [-0.2, -0.15) is 13.2 Å². The van der Waals surface area contributed by atoms with Crippen molar-refractivity contribution in [1.29, 1.82) is 0 Å². The number of aromatic nitrogens is 3. The van der Waals surface area contributed by atoms with Crippen LogP contribution in [-0.4, -0.2) is 16.0 Å². The first-order chi connectivity index (χ1) is 11.1. The zero-order valence-corrected chi connectivity index (χ0v) is 13.1. The predicted molar refractivity (Wildman–Crippen MR) is 77.7 cm³/mol. The molecule has 3 N–H and O–H groups in total. The van der Waals surface area contributed by atoms with Crippen LogP contribution in [0.3, 0.4) is 0 Å². The first-order valence-electron chi connectivity index (χ1n) is 6.50. The SMILES string of the molecule is Cc1cc(C(F)(F)F)nc2sc(C(=O)c3c(=O)o[nH][n+]3C)c(N)c12. The molecule has 0 aliphatic rings. The van der Waals surface area contributed by atoms with Gasteiger partial charge >= 0.3 is 17.5 Å². The number of pyridine rings is 1. The summed E-state index contributed by atoms with van der Waals surface area (Å²) in [5, 5.41) is 2.45. The Labute approximate surface area is 135 Å². The van der Waals surface area contributed by atoms with E-state index in [0.29, 0.717) is 11.3 Å². The average Bonchev–Trinajstić information content (AvgIpc) is 2.98. The minimum atomic E-state index is -4.62. The van der Waals surface area contributed by atoms with E-state index in [1.54, 1.807) is 0 Å². The van der Waals surface area contributed by atoms with Gasteiger partial charge in [-0.1, -0.05) is 4.68 Å². The summed E-state index contributed by atoms with van der Waals surface area (Å²) >= 11 is 0.699. The van der Waals surface area contributed by atoms with Gasteiger partial charge in [-0.05, 0) is 23.8 Å². The second-order valence-electron chi connectivity index (χ2n) is 5.06. The minimum Gasteiger partial charge on any atom is -0.397 e. The highest BCUT2D eigenvalue weighted by molar-refractivity contribution is 7.21. The minimum absolute atomic E-state index is 0.0145. The van der Waals surface area contributed by atoms with Gasteiger partial charge in [0.1, 0.15) is 15.4 Å². The molecule has 0 radical (unpaired) electrons. The zero-order chi connectivity index (χ0) is 17.8. The number of carbonyl (C=O) groups is 1. The van der Waals surface area contributed by atoms with Gasteiger partial charge in [-0.15, -0.1) is 11.3 Å². The molecule has 24 heavy (non-hydrogen) atoms. The molecule has 0 bridgehead atoms. The van der Waals surface area contributed by atoms with Crippen LogP contribution in [0.15, 0.2) is 15.4 Å². The normalized spacial score (nSPS) is 12.0. The molecular weight excluding hydrogens is 349 g/mol. The van der Waals surface area contributed by atoms with Crippen LogP contribution in [-0.2, 0) is 13.2 Å². The number of nitrogens with two attached hydrogens (primary N) is 1. The Hall–Kier alpha value is -2.69. The molecule has 126 valence electrons. The Morgan fingerprint density at radius 3 is 2.67 bits per heavy atom. The number of H-pyrrole nitrogens is 1. The van der Waals surface area contributed by atoms with Crippen LogP contribution in [0.1, 0.15) is 26.6 Å². The van der Waals surface area contributed by atoms with Gasteiger partial charge in [0, 0.05) is 5.39 Å². The molecule has 0 aromatic carbocycles. The largest absolute Gasteiger partial charge is 0.438 e. The van der Waals surface area contributed by atoms with Gasteiger partial charge < -0.3 is 5.73 Å². The van der Waals surface area contributed by atoms with E-state index in [1.807, 2.05) is 0 Å². The number of fused-ring (bicyclic) bond motifs is 1. The van der Waals surface area contributed by atoms with Gasteiger partial charge in [0.05, 0.1) is 5.69 Å². The fourth-order valence-electron chi connectivity index (χ4n) is 2.32. The summed E-state index contributed by atoms with van der Waals surface area (Å²) in [6.07, 6.45) is -4.62. The van der Waals surface area contributed by atoms with Crippen molar-refractivity contribution in [1.82, 2.24) is 10.3 Å². The number of aromatic amines is 1. The Balaban J connectivity index is 2.24. The Kier molecular flexibility index (Phi) is 3.48. The molecule has 3 aromatic heterocycles. The number of nitrogen functional groups attached to an aromatic ring is 1. The molecular formula is C13H10F3N4O3S+. The molecule has 0 atom stereocenters. The summed E-state index contributed by atoms with van der Waals surface area (Å²) < 4.78 is 44.2. The van der Waals surface area contributed by atoms with Crippen LogP contribution in [0.4, 0.5) is 18.9 Å². The third kappa shape index (κ3) is 2.37. The Morgan fingerprint density at radius 1 is 1.46 bits per heavy atom. The molecule has 0 saturated heterocycles. The first-order valence-corrected chi connectivity index (χ1v) is 7.32. The summed E-state index contributed by atoms with van der Waals surface area (Å²) in [6, 6.07) is 0.865. The molecule has 0 aliphatic carbocycles. The van der Waals surface area contributed by atoms with E-state index in [9.17, 15) is 22.8 Å². The highest BCUT2D eigenvalue weighted by Gasteiger charge is 2.35. The van der Waals surface area contributed by atoms with Crippen molar-refractivity contribution in [2.24, 2.45) is 7.05 Å². The van der Waals surface area contributed by atoms with Crippen molar-refractivity contribution in [3.05, 3.63) is 38.3 Å². The van der Waals surface area contributed by atoms with Gasteiger partial charge in [-0.3, -0.25) is 9.32 Å². The monoisotopic (exact) mass is 359 g/mol. The number of hydrogen-bond donors (Lipinski definition) is 2. The number of ketones is 1. The molecule has 7 nitrogen and oxygen atoms in total. The maximum atomic E-state index is 12.9. The van der Waals surface area contributed by atoms with Crippen molar-refractivity contribution in [3.8, 4) is 0 Å². The molecule has 0 unspecified atom stereocenters. The van der Waals surface area contributed by atoms with Gasteiger partial charge in [0.15, 0.2) is 7.05 Å². The third-order valence-electron chi connectivity index (χ3n) is 3.41. The topological polar surface area (TPSA) is 106 Å². The molecule has 0 saturated carbocycles. The van der Waals surface area contributed by atoms with Crippen molar-refractivity contribution in [2.45, 2.75) is 13.1 Å². The van der Waals surface area contributed by atoms with Crippen molar-refractivity contribution < 1.29 is 27.2 Å². The maximum absolute atomic E-state index is 12.9. The molecule has 3 rings (SSSR count). The smallest absolute Gasteiger partial charge is 0.397 e. The fraction of sp³-hybridized carbons (Fsp3) is 0.231. The second kappa shape index (κ2) is 5.16. The van der Waals surface area contributed by atoms with Crippen LogP contribution in [0.2, 0.25) is 0 Å². The lowest BCUT2D eigenvalue weighted by atomic mass is 10.1. The highest BCUT2D eigenvalue weighted by Crippen LogP contribution is 2.38. The van der Waals surface area contributed by atoms with E-state index < -0.39 is 23.3 Å². The van der Waals surface area contributed by atoms with Crippen LogP contribution < -0.4 is 16.0 Å². The van der Waals surface area contributed by atoms with Gasteiger partial charge in [-0.25, -0.2) is 9.78 Å². The van der Waals surface area contributed by atoms with Crippen LogP contribution in [0.5, 0.6) is 0 Å². The Morgan fingerprint density at radius 2 is 2.12 bits per heavy atom. The first kappa shape index (κ1) is 16.2. The summed E-state index contributed by atoms with van der Waals surface area (Å²) in [7, 11) is 1.38. The van der Waals surface area contributed by atoms with Crippen molar-refractivity contribution in [3.63, 3.8) is 0 Å². The highest BCUT2D eigenvalue weighted by atomic mass is 32.1. The number of thiophene rings is 1. The lowest BCUT2D eigenvalue weighted by Crippen LogP contribution is -2.39. The number of halogens is 3. The Bertz CT molecular complexity index is 1030. The number of nitrogens with zero attached hydrogens (tertiary/aromatic N) is 2. The molecule has 0 aliphatic heterocycles. The number of anilines is 1. The van der Waals surface area contributed by atoms with E-state index in [1.165, 1.54) is 14.0 Å². The molecule has 0 spiro atoms. The number of carbonyl (C=O) groups excluding carboxylic acids is 1. The van der Waals surface area contributed by atoms with E-state index in [2.05, 4.69) is 14.8 Å². The summed E-state index contributed by atoms with van der Waals surface area (Å²) in [6.45, 7) is 1.45. The zero-order valence-electron chi connectivity index (χ0n) is 12.3. The molecule has 0 fully saturated rings. The van der Waals surface area contributed by atoms with E-state index in [4.69, 9.17) is 5.73 Å². The molecule has 3 aromatic rings. The predicted octanol–water partition coefficient (Wildman–Crippen LogP) is 1.54. The number of hydrogen-bond acceptors (Lipinski definition) is 6. The number of rotatable bonds is 2. The fourth-order valence-corrected chi connectivity index (χ4v) is 3.43. The number of aryl methyl sites for hydroxylation is 2. The number of nitrogens with one attached hydrogen (secondary N) is 1. The lowest BCUT2D eigenvalue weighted by Gasteiger charge is -2.07. The van der Waals surface area contributed by atoms with Gasteiger partial charge in [0.2, 0.25) is 0 Å². The summed E-state index contributed by atoms with van der Waals surface area (Å²) in [5.74, 6) is -0.749. The van der Waals surface area contributed by atoms with Crippen LogP contribution >= 0.6 is 11.3 Å². The van der Waals surface area contributed by atoms with E-state index >= 15 is 0 Å². The number of alkyl halides is 3. The second-order valence-corrected chi connectivity index (χ2v) is 6.06. The van der Waals surface area contributed by atoms with Crippen molar-refractivity contribution >= 4 is 33.0 Å². The quantitative estimate of drug-likeness (QED) is 0.533. The van der Waals surface area contributed by atoms with E-state index in [-0.39, 0.29) is 32.0 Å². The molecule has 3 heterocycles. The maximum Gasteiger partial charge on any atom is 0.438 e. The van der Waals surface area contributed by atoms with E-state index in [0.717, 1.165) is 10.7 Å². The third-order valence-corrected chi connectivity index (χ3v) is 4.51. The molecule has 11 heteroatoms. The summed E-state index contributed by atoms with van der Waals surface area (Å²) in [5.41, 5.74) is 3.86.